The predicted octanol–water partition coefficient (Wildman–Crippen LogP) is 3.78. The number of amides is 1. The molecule has 0 aliphatic carbocycles. The summed E-state index contributed by atoms with van der Waals surface area (Å²) in [5.74, 6) is -0.395. The first-order chi connectivity index (χ1) is 10.3. The number of hydrogen-bond acceptors (Lipinski definition) is 2. The summed E-state index contributed by atoms with van der Waals surface area (Å²) in [5.41, 5.74) is 6.31. The second kappa shape index (κ2) is 6.09. The van der Waals surface area contributed by atoms with Gasteiger partial charge in [-0.2, -0.15) is 13.2 Å². The van der Waals surface area contributed by atoms with E-state index in [2.05, 4.69) is 5.32 Å². The molecule has 3 N–H and O–H groups in total. The zero-order chi connectivity index (χ0) is 16.3. The van der Waals surface area contributed by atoms with Crippen molar-refractivity contribution >= 4 is 17.3 Å². The van der Waals surface area contributed by atoms with E-state index >= 15 is 0 Å². The number of carbonyl (C=O) groups is 1. The Morgan fingerprint density at radius 3 is 2.50 bits per heavy atom. The number of aryl methyl sites for hydroxylation is 1. The van der Waals surface area contributed by atoms with Crippen LogP contribution in [0.25, 0.3) is 0 Å². The summed E-state index contributed by atoms with van der Waals surface area (Å²) in [6.07, 6.45) is -4.42. The molecule has 116 valence electrons. The molecule has 0 fully saturated rings. The second-order valence-corrected chi connectivity index (χ2v) is 4.99. The Bertz CT molecular complexity index is 696. The van der Waals surface area contributed by atoms with Crippen molar-refractivity contribution < 1.29 is 18.0 Å². The molecule has 2 aromatic rings. The van der Waals surface area contributed by atoms with Crippen LogP contribution in [0.4, 0.5) is 24.5 Å². The van der Waals surface area contributed by atoms with Gasteiger partial charge in [-0.3, -0.25) is 4.79 Å². The Hall–Kier alpha value is -2.50. The molecule has 1 amide bonds. The smallest absolute Gasteiger partial charge is 0.399 e. The number of anilines is 2. The molecule has 6 heteroatoms. The summed E-state index contributed by atoms with van der Waals surface area (Å²) in [6.45, 7) is 1.87. The van der Waals surface area contributed by atoms with Gasteiger partial charge in [-0.25, -0.2) is 0 Å². The molecule has 0 aliphatic rings. The summed E-state index contributed by atoms with van der Waals surface area (Å²) in [4.78, 5) is 12.0. The average molecular weight is 308 g/mol. The molecular weight excluding hydrogens is 293 g/mol. The maximum Gasteiger partial charge on any atom is 0.416 e. The molecular formula is C16H15F3N2O. The third kappa shape index (κ3) is 4.00. The molecule has 0 saturated carbocycles. The van der Waals surface area contributed by atoms with Crippen LogP contribution in [0.3, 0.4) is 0 Å². The lowest BCUT2D eigenvalue weighted by atomic mass is 10.1. The molecule has 0 atom stereocenters. The summed E-state index contributed by atoms with van der Waals surface area (Å²) in [7, 11) is 0. The van der Waals surface area contributed by atoms with E-state index in [0.29, 0.717) is 0 Å². The number of nitrogen functional groups attached to an aromatic ring is 1. The highest BCUT2D eigenvalue weighted by molar-refractivity contribution is 5.93. The van der Waals surface area contributed by atoms with Gasteiger partial charge in [0.25, 0.3) is 0 Å². The van der Waals surface area contributed by atoms with E-state index in [1.165, 1.54) is 6.07 Å². The number of carbonyl (C=O) groups excluding carboxylic acids is 1. The molecule has 22 heavy (non-hydrogen) atoms. The molecule has 0 aromatic heterocycles. The number of alkyl halides is 3. The van der Waals surface area contributed by atoms with Crippen LogP contribution in [0, 0.1) is 6.92 Å². The summed E-state index contributed by atoms with van der Waals surface area (Å²) >= 11 is 0. The summed E-state index contributed by atoms with van der Waals surface area (Å²) < 4.78 is 38.2. The van der Waals surface area contributed by atoms with E-state index in [1.54, 1.807) is 12.1 Å². The first-order valence-corrected chi connectivity index (χ1v) is 6.58. The van der Waals surface area contributed by atoms with Gasteiger partial charge in [0.05, 0.1) is 12.0 Å². The molecule has 2 rings (SSSR count). The lowest BCUT2D eigenvalue weighted by Gasteiger charge is -2.12. The van der Waals surface area contributed by atoms with Gasteiger partial charge in [-0.15, -0.1) is 0 Å². The number of halogens is 3. The average Bonchev–Trinajstić information content (AvgIpc) is 2.39. The van der Waals surface area contributed by atoms with E-state index in [1.807, 2.05) is 19.1 Å². The quantitative estimate of drug-likeness (QED) is 0.848. The maximum atomic E-state index is 12.7. The largest absolute Gasteiger partial charge is 0.416 e. The van der Waals surface area contributed by atoms with Gasteiger partial charge in [0.2, 0.25) is 5.91 Å². The fraction of sp³-hybridized carbons (Fsp3) is 0.188. The van der Waals surface area contributed by atoms with Crippen LogP contribution in [0.15, 0.2) is 42.5 Å². The van der Waals surface area contributed by atoms with Crippen molar-refractivity contribution in [1.29, 1.82) is 0 Å². The third-order valence-electron chi connectivity index (χ3n) is 3.18. The minimum absolute atomic E-state index is 0.0332. The summed E-state index contributed by atoms with van der Waals surface area (Å²) in [6, 6.07) is 10.3. The van der Waals surface area contributed by atoms with Crippen LogP contribution in [-0.2, 0) is 17.4 Å². The minimum Gasteiger partial charge on any atom is -0.399 e. The van der Waals surface area contributed by atoms with Crippen molar-refractivity contribution in [3.05, 3.63) is 59.2 Å². The molecule has 3 nitrogen and oxygen atoms in total. The topological polar surface area (TPSA) is 55.1 Å². The van der Waals surface area contributed by atoms with E-state index in [4.69, 9.17) is 5.73 Å². The van der Waals surface area contributed by atoms with Crippen molar-refractivity contribution in [2.24, 2.45) is 0 Å². The predicted molar refractivity (Wildman–Crippen MR) is 79.4 cm³/mol. The van der Waals surface area contributed by atoms with Crippen LogP contribution in [0.1, 0.15) is 16.7 Å². The summed E-state index contributed by atoms with van der Waals surface area (Å²) in [5, 5.41) is 2.45. The number of nitrogens with two attached hydrogens (primary N) is 1. The SMILES string of the molecule is Cc1ccccc1CC(=O)Nc1cc(N)cc(C(F)(F)F)c1. The molecule has 0 spiro atoms. The number of benzene rings is 2. The first-order valence-electron chi connectivity index (χ1n) is 6.58. The lowest BCUT2D eigenvalue weighted by Crippen LogP contribution is -2.16. The Labute approximate surface area is 125 Å². The Kier molecular flexibility index (Phi) is 4.40. The third-order valence-corrected chi connectivity index (χ3v) is 3.18. The normalized spacial score (nSPS) is 11.3. The van der Waals surface area contributed by atoms with Crippen molar-refractivity contribution in [3.8, 4) is 0 Å². The van der Waals surface area contributed by atoms with Gasteiger partial charge in [-0.1, -0.05) is 24.3 Å². The molecule has 0 saturated heterocycles. The molecule has 0 bridgehead atoms. The highest BCUT2D eigenvalue weighted by atomic mass is 19.4. The Balaban J connectivity index is 2.15. The number of rotatable bonds is 3. The van der Waals surface area contributed by atoms with Crippen LogP contribution in [0.5, 0.6) is 0 Å². The zero-order valence-corrected chi connectivity index (χ0v) is 11.9. The minimum atomic E-state index is -4.51. The first kappa shape index (κ1) is 15.9. The van der Waals surface area contributed by atoms with E-state index in [-0.39, 0.29) is 17.8 Å². The van der Waals surface area contributed by atoms with Gasteiger partial charge < -0.3 is 11.1 Å². The van der Waals surface area contributed by atoms with Gasteiger partial charge in [0.1, 0.15) is 0 Å². The van der Waals surface area contributed by atoms with Gasteiger partial charge >= 0.3 is 6.18 Å². The number of nitrogens with one attached hydrogen (secondary N) is 1. The standard InChI is InChI=1S/C16H15F3N2O/c1-10-4-2-3-5-11(10)6-15(22)21-14-8-12(16(17,18)19)7-13(20)9-14/h2-5,7-9H,6,20H2,1H3,(H,21,22). The van der Waals surface area contributed by atoms with E-state index < -0.39 is 17.6 Å². The van der Waals surface area contributed by atoms with E-state index in [0.717, 1.165) is 23.3 Å². The van der Waals surface area contributed by atoms with Crippen molar-refractivity contribution in [3.63, 3.8) is 0 Å². The van der Waals surface area contributed by atoms with Crippen molar-refractivity contribution in [2.75, 3.05) is 11.1 Å². The van der Waals surface area contributed by atoms with Gasteiger partial charge in [0.15, 0.2) is 0 Å². The van der Waals surface area contributed by atoms with Crippen LogP contribution >= 0.6 is 0 Å². The van der Waals surface area contributed by atoms with E-state index in [9.17, 15) is 18.0 Å². The van der Waals surface area contributed by atoms with Crippen molar-refractivity contribution in [2.45, 2.75) is 19.5 Å². The maximum absolute atomic E-state index is 12.7. The molecule has 0 aliphatic heterocycles. The highest BCUT2D eigenvalue weighted by Gasteiger charge is 2.31. The Morgan fingerprint density at radius 2 is 1.86 bits per heavy atom. The Morgan fingerprint density at radius 1 is 1.18 bits per heavy atom. The molecule has 0 heterocycles. The monoisotopic (exact) mass is 308 g/mol. The zero-order valence-electron chi connectivity index (χ0n) is 11.9. The van der Waals surface area contributed by atoms with Crippen LogP contribution in [0.2, 0.25) is 0 Å². The molecule has 0 radical (unpaired) electrons. The van der Waals surface area contributed by atoms with Gasteiger partial charge in [-0.05, 0) is 36.2 Å². The highest BCUT2D eigenvalue weighted by Crippen LogP contribution is 2.32. The second-order valence-electron chi connectivity index (χ2n) is 4.99. The fourth-order valence-corrected chi connectivity index (χ4v) is 2.07. The van der Waals surface area contributed by atoms with Crippen molar-refractivity contribution in [1.82, 2.24) is 0 Å². The lowest BCUT2D eigenvalue weighted by molar-refractivity contribution is -0.137. The fourth-order valence-electron chi connectivity index (χ4n) is 2.07. The number of hydrogen-bond donors (Lipinski definition) is 2. The molecule has 2 aromatic carbocycles. The van der Waals surface area contributed by atoms with Gasteiger partial charge in [0, 0.05) is 11.4 Å². The van der Waals surface area contributed by atoms with Crippen LogP contribution < -0.4 is 11.1 Å². The molecule has 0 unspecified atom stereocenters. The van der Waals surface area contributed by atoms with Crippen LogP contribution in [-0.4, -0.2) is 5.91 Å².